The molecule has 132 valence electrons. The van der Waals surface area contributed by atoms with Crippen LogP contribution in [0.2, 0.25) is 0 Å². The van der Waals surface area contributed by atoms with Crippen molar-refractivity contribution in [3.8, 4) is 0 Å². The first-order valence-electron chi connectivity index (χ1n) is 7.47. The molecule has 2 aromatic rings. The van der Waals surface area contributed by atoms with Crippen LogP contribution in [-0.4, -0.2) is 25.4 Å². The van der Waals surface area contributed by atoms with Crippen LogP contribution in [0.3, 0.4) is 0 Å². The third-order valence-corrected chi connectivity index (χ3v) is 4.69. The van der Waals surface area contributed by atoms with Crippen LogP contribution in [0.1, 0.15) is 18.9 Å². The van der Waals surface area contributed by atoms with Gasteiger partial charge in [0.25, 0.3) is 10.0 Å². The van der Waals surface area contributed by atoms with Gasteiger partial charge in [0.1, 0.15) is 0 Å². The largest absolute Gasteiger partial charge is 0.481 e. The van der Waals surface area contributed by atoms with Gasteiger partial charge >= 0.3 is 5.97 Å². The van der Waals surface area contributed by atoms with E-state index < -0.39 is 16.0 Å². The zero-order valence-corrected chi connectivity index (χ0v) is 14.3. The van der Waals surface area contributed by atoms with Gasteiger partial charge in [-0.2, -0.15) is 0 Å². The molecule has 0 heterocycles. The Morgan fingerprint density at radius 3 is 2.28 bits per heavy atom. The first-order chi connectivity index (χ1) is 11.8. The number of benzene rings is 2. The molecule has 0 saturated carbocycles. The molecule has 0 aromatic heterocycles. The Bertz CT molecular complexity index is 876. The molecule has 0 spiro atoms. The van der Waals surface area contributed by atoms with Gasteiger partial charge in [-0.1, -0.05) is 18.2 Å². The molecule has 8 heteroatoms. The van der Waals surface area contributed by atoms with E-state index in [0.29, 0.717) is 17.8 Å². The fraction of sp³-hybridized carbons (Fsp3) is 0.176. The standard InChI is InChI=1S/C17H18N2O5S/c1-12(20)18-14-3-2-4-15(11-14)19-25(23,24)16-8-5-13(6-9-16)7-10-17(21)22/h2-6,8-9,11,19H,7,10H2,1H3,(H,18,20)(H,21,22). The molecule has 0 atom stereocenters. The maximum Gasteiger partial charge on any atom is 0.303 e. The maximum absolute atomic E-state index is 12.4. The van der Waals surface area contributed by atoms with Crippen molar-refractivity contribution in [3.05, 3.63) is 54.1 Å². The lowest BCUT2D eigenvalue weighted by molar-refractivity contribution is -0.137. The molecule has 0 saturated heterocycles. The summed E-state index contributed by atoms with van der Waals surface area (Å²) in [5.41, 5.74) is 1.55. The molecular formula is C17H18N2O5S. The van der Waals surface area contributed by atoms with Crippen molar-refractivity contribution in [2.45, 2.75) is 24.7 Å². The fourth-order valence-corrected chi connectivity index (χ4v) is 3.21. The van der Waals surface area contributed by atoms with E-state index in [0.717, 1.165) is 5.56 Å². The smallest absolute Gasteiger partial charge is 0.303 e. The molecule has 25 heavy (non-hydrogen) atoms. The summed E-state index contributed by atoms with van der Waals surface area (Å²) in [7, 11) is -3.79. The number of carboxylic acid groups (broad SMARTS) is 1. The third-order valence-electron chi connectivity index (χ3n) is 3.30. The van der Waals surface area contributed by atoms with Crippen LogP contribution < -0.4 is 10.0 Å². The Kier molecular flexibility index (Phi) is 5.76. The topological polar surface area (TPSA) is 113 Å². The number of hydrogen-bond acceptors (Lipinski definition) is 4. The van der Waals surface area contributed by atoms with Crippen LogP contribution in [0, 0.1) is 0 Å². The summed E-state index contributed by atoms with van der Waals surface area (Å²) in [6, 6.07) is 12.4. The van der Waals surface area contributed by atoms with E-state index in [9.17, 15) is 18.0 Å². The minimum atomic E-state index is -3.79. The Hall–Kier alpha value is -2.87. The normalized spacial score (nSPS) is 10.9. The van der Waals surface area contributed by atoms with Crippen LogP contribution in [0.4, 0.5) is 11.4 Å². The third kappa shape index (κ3) is 5.61. The molecule has 3 N–H and O–H groups in total. The van der Waals surface area contributed by atoms with Gasteiger partial charge in [0.15, 0.2) is 0 Å². The van der Waals surface area contributed by atoms with Crippen LogP contribution in [0.5, 0.6) is 0 Å². The van der Waals surface area contributed by atoms with Crippen LogP contribution in [0.15, 0.2) is 53.4 Å². The van der Waals surface area contributed by atoms with E-state index in [1.54, 1.807) is 30.3 Å². The Labute approximate surface area is 145 Å². The SMILES string of the molecule is CC(=O)Nc1cccc(NS(=O)(=O)c2ccc(CCC(=O)O)cc2)c1. The fourth-order valence-electron chi connectivity index (χ4n) is 2.16. The minimum Gasteiger partial charge on any atom is -0.481 e. The molecule has 7 nitrogen and oxygen atoms in total. The first kappa shape index (κ1) is 18.5. The molecule has 0 aliphatic carbocycles. The first-order valence-corrected chi connectivity index (χ1v) is 8.96. The Morgan fingerprint density at radius 1 is 1.04 bits per heavy atom. The number of rotatable bonds is 7. The summed E-state index contributed by atoms with van der Waals surface area (Å²) in [5.74, 6) is -1.16. The van der Waals surface area contributed by atoms with Crippen LogP contribution >= 0.6 is 0 Å². The number of carbonyl (C=O) groups is 2. The summed E-state index contributed by atoms with van der Waals surface area (Å²) < 4.78 is 27.3. The number of carboxylic acids is 1. The maximum atomic E-state index is 12.4. The van der Waals surface area contributed by atoms with Gasteiger partial charge in [-0.25, -0.2) is 8.42 Å². The van der Waals surface area contributed by atoms with Crippen molar-refractivity contribution >= 4 is 33.3 Å². The van der Waals surface area contributed by atoms with Crippen molar-refractivity contribution in [2.24, 2.45) is 0 Å². The van der Waals surface area contributed by atoms with E-state index in [2.05, 4.69) is 10.0 Å². The second-order valence-corrected chi connectivity index (χ2v) is 7.09. The minimum absolute atomic E-state index is 0.0136. The number of hydrogen-bond donors (Lipinski definition) is 3. The lowest BCUT2D eigenvalue weighted by Gasteiger charge is -2.10. The monoisotopic (exact) mass is 362 g/mol. The highest BCUT2D eigenvalue weighted by Gasteiger charge is 2.14. The molecule has 0 radical (unpaired) electrons. The summed E-state index contributed by atoms with van der Waals surface area (Å²) >= 11 is 0. The van der Waals surface area contributed by atoms with Crippen molar-refractivity contribution in [3.63, 3.8) is 0 Å². The molecule has 1 amide bonds. The lowest BCUT2D eigenvalue weighted by Crippen LogP contribution is -2.13. The molecule has 0 fully saturated rings. The number of aryl methyl sites for hydroxylation is 1. The van der Waals surface area contributed by atoms with Gasteiger partial charge in [0, 0.05) is 19.0 Å². The van der Waals surface area contributed by atoms with Gasteiger partial charge in [-0.05, 0) is 42.3 Å². The molecule has 2 aromatic carbocycles. The highest BCUT2D eigenvalue weighted by molar-refractivity contribution is 7.92. The number of amides is 1. The van der Waals surface area contributed by atoms with Crippen molar-refractivity contribution in [1.29, 1.82) is 0 Å². The summed E-state index contributed by atoms with van der Waals surface area (Å²) in [4.78, 5) is 21.7. The average Bonchev–Trinajstić information content (AvgIpc) is 2.52. The second-order valence-electron chi connectivity index (χ2n) is 5.41. The molecular weight excluding hydrogens is 344 g/mol. The van der Waals surface area contributed by atoms with Gasteiger partial charge in [-0.15, -0.1) is 0 Å². The van der Waals surface area contributed by atoms with E-state index in [1.807, 2.05) is 0 Å². The zero-order chi connectivity index (χ0) is 18.4. The highest BCUT2D eigenvalue weighted by Crippen LogP contribution is 2.20. The van der Waals surface area contributed by atoms with E-state index in [4.69, 9.17) is 5.11 Å². The van der Waals surface area contributed by atoms with E-state index in [-0.39, 0.29) is 17.2 Å². The average molecular weight is 362 g/mol. The van der Waals surface area contributed by atoms with Gasteiger partial charge in [0.05, 0.1) is 10.6 Å². The van der Waals surface area contributed by atoms with E-state index in [1.165, 1.54) is 25.1 Å². The highest BCUT2D eigenvalue weighted by atomic mass is 32.2. The Balaban J connectivity index is 2.13. The number of sulfonamides is 1. The lowest BCUT2D eigenvalue weighted by atomic mass is 10.1. The molecule has 0 bridgehead atoms. The zero-order valence-electron chi connectivity index (χ0n) is 13.5. The molecule has 0 aliphatic rings. The number of anilines is 2. The predicted octanol–water partition coefficient (Wildman–Crippen LogP) is 2.46. The van der Waals surface area contributed by atoms with Crippen LogP contribution in [-0.2, 0) is 26.0 Å². The summed E-state index contributed by atoms with van der Waals surface area (Å²) in [6.45, 7) is 1.36. The number of aliphatic carboxylic acids is 1. The van der Waals surface area contributed by atoms with Crippen molar-refractivity contribution in [1.82, 2.24) is 0 Å². The van der Waals surface area contributed by atoms with Crippen LogP contribution in [0.25, 0.3) is 0 Å². The predicted molar refractivity (Wildman–Crippen MR) is 94.0 cm³/mol. The van der Waals surface area contributed by atoms with Gasteiger partial charge in [0.2, 0.25) is 5.91 Å². The summed E-state index contributed by atoms with van der Waals surface area (Å²) in [6.07, 6.45) is 0.322. The van der Waals surface area contributed by atoms with Crippen molar-refractivity contribution < 1.29 is 23.1 Å². The van der Waals surface area contributed by atoms with Gasteiger partial charge < -0.3 is 10.4 Å². The molecule has 2 rings (SSSR count). The number of carbonyl (C=O) groups excluding carboxylic acids is 1. The molecule has 0 unspecified atom stereocenters. The number of nitrogens with one attached hydrogen (secondary N) is 2. The quantitative estimate of drug-likeness (QED) is 0.700. The molecule has 0 aliphatic heterocycles. The van der Waals surface area contributed by atoms with E-state index >= 15 is 0 Å². The van der Waals surface area contributed by atoms with Gasteiger partial charge in [-0.3, -0.25) is 14.3 Å². The Morgan fingerprint density at radius 2 is 1.68 bits per heavy atom. The summed E-state index contributed by atoms with van der Waals surface area (Å²) in [5, 5.41) is 11.2. The second kappa shape index (κ2) is 7.80. The van der Waals surface area contributed by atoms with Crippen molar-refractivity contribution in [2.75, 3.05) is 10.0 Å².